The Morgan fingerprint density at radius 3 is 1.37 bits per heavy atom. The third kappa shape index (κ3) is 4.31. The van der Waals surface area contributed by atoms with Crippen molar-refractivity contribution < 1.29 is 0 Å². The van der Waals surface area contributed by atoms with Gasteiger partial charge in [0.1, 0.15) is 0 Å². The number of rotatable bonds is 3. The molecule has 0 nitrogen and oxygen atoms in total. The van der Waals surface area contributed by atoms with Crippen LogP contribution in [0.1, 0.15) is 25.0 Å². The molecule has 0 fully saturated rings. The van der Waals surface area contributed by atoms with Gasteiger partial charge in [-0.2, -0.15) is 0 Å². The van der Waals surface area contributed by atoms with Gasteiger partial charge in [-0.1, -0.05) is 159 Å². The average Bonchev–Trinajstić information content (AvgIpc) is 3.40. The Morgan fingerprint density at radius 2 is 0.714 bits per heavy atom. The van der Waals surface area contributed by atoms with Crippen LogP contribution < -0.4 is 0 Å². The van der Waals surface area contributed by atoms with Crippen LogP contribution in [0.15, 0.2) is 170 Å². The summed E-state index contributed by atoms with van der Waals surface area (Å²) in [6, 6.07) is 63.2. The fourth-order valence-corrected chi connectivity index (χ4v) is 8.45. The summed E-state index contributed by atoms with van der Waals surface area (Å²) in [5.74, 6) is 0. The summed E-state index contributed by atoms with van der Waals surface area (Å²) in [5, 5.41) is 10.4. The summed E-state index contributed by atoms with van der Waals surface area (Å²) < 4.78 is 0. The van der Waals surface area contributed by atoms with E-state index in [1.807, 2.05) is 0 Å². The highest BCUT2D eigenvalue weighted by Crippen LogP contribution is 2.49. The first-order chi connectivity index (χ1) is 24.0. The lowest BCUT2D eigenvalue weighted by atomic mass is 9.82. The molecule has 0 saturated heterocycles. The molecule has 0 bridgehead atoms. The van der Waals surface area contributed by atoms with Crippen molar-refractivity contribution in [2.24, 2.45) is 0 Å². The molecule has 0 aliphatic heterocycles. The van der Waals surface area contributed by atoms with Gasteiger partial charge in [-0.3, -0.25) is 0 Å². The van der Waals surface area contributed by atoms with Gasteiger partial charge in [-0.25, -0.2) is 0 Å². The highest BCUT2D eigenvalue weighted by molar-refractivity contribution is 6.25. The normalized spacial score (nSPS) is 13.3. The summed E-state index contributed by atoms with van der Waals surface area (Å²) in [6.07, 6.45) is 0. The van der Waals surface area contributed by atoms with Gasteiger partial charge in [-0.05, 0) is 123 Å². The van der Waals surface area contributed by atoms with E-state index in [0.29, 0.717) is 0 Å². The van der Waals surface area contributed by atoms with Gasteiger partial charge in [-0.15, -0.1) is 0 Å². The van der Waals surface area contributed by atoms with Crippen LogP contribution in [0, 0.1) is 0 Å². The van der Waals surface area contributed by atoms with Crippen molar-refractivity contribution in [3.63, 3.8) is 0 Å². The van der Waals surface area contributed by atoms with Crippen molar-refractivity contribution in [2.45, 2.75) is 19.3 Å². The molecule has 0 amide bonds. The molecule has 0 atom stereocenters. The van der Waals surface area contributed by atoms with E-state index in [1.54, 1.807) is 0 Å². The first-order valence-electron chi connectivity index (χ1n) is 17.3. The molecule has 1 aliphatic carbocycles. The Bertz CT molecular complexity index is 2740. The third-order valence-corrected chi connectivity index (χ3v) is 11.1. The Morgan fingerprint density at radius 1 is 0.286 bits per heavy atom. The van der Waals surface area contributed by atoms with Gasteiger partial charge >= 0.3 is 0 Å². The maximum absolute atomic E-state index is 2.39. The first kappa shape index (κ1) is 28.1. The van der Waals surface area contributed by atoms with Crippen LogP contribution in [0.2, 0.25) is 0 Å². The lowest BCUT2D eigenvalue weighted by Crippen LogP contribution is -2.14. The van der Waals surface area contributed by atoms with Crippen molar-refractivity contribution in [3.05, 3.63) is 181 Å². The lowest BCUT2D eigenvalue weighted by Gasteiger charge is -2.21. The summed E-state index contributed by atoms with van der Waals surface area (Å²) in [4.78, 5) is 0. The molecule has 9 aromatic carbocycles. The minimum atomic E-state index is 0.0237. The number of fused-ring (bicyclic) bond motifs is 10. The first-order valence-corrected chi connectivity index (χ1v) is 17.3. The molecule has 9 aromatic rings. The van der Waals surface area contributed by atoms with Crippen molar-refractivity contribution >= 4 is 43.1 Å². The van der Waals surface area contributed by atoms with E-state index in [9.17, 15) is 0 Å². The summed E-state index contributed by atoms with van der Waals surface area (Å²) in [5.41, 5.74) is 13.0. The minimum absolute atomic E-state index is 0.0237. The van der Waals surface area contributed by atoms with Crippen LogP contribution in [-0.4, -0.2) is 0 Å². The molecule has 0 saturated carbocycles. The SMILES string of the molecule is CC1(C)c2ccccc2-c2cc(-c3ccc4ccc(-c5ccc(-c6ccc7c8ccccc8c8ccccc8c7c6)cc5)cc4c3)ccc21. The van der Waals surface area contributed by atoms with E-state index >= 15 is 0 Å². The quantitative estimate of drug-likeness (QED) is 0.172. The molecule has 0 spiro atoms. The molecular formula is C49H34. The van der Waals surface area contributed by atoms with Gasteiger partial charge in [0.2, 0.25) is 0 Å². The second kappa shape index (κ2) is 10.5. The van der Waals surface area contributed by atoms with Crippen LogP contribution in [0.3, 0.4) is 0 Å². The van der Waals surface area contributed by atoms with E-state index in [-0.39, 0.29) is 5.41 Å². The van der Waals surface area contributed by atoms with Crippen LogP contribution >= 0.6 is 0 Å². The summed E-state index contributed by atoms with van der Waals surface area (Å²) in [7, 11) is 0. The smallest absolute Gasteiger partial charge is 0.0158 e. The zero-order chi connectivity index (χ0) is 32.7. The monoisotopic (exact) mass is 622 g/mol. The molecule has 10 rings (SSSR count). The predicted octanol–water partition coefficient (Wildman–Crippen LogP) is 13.6. The van der Waals surface area contributed by atoms with E-state index in [1.165, 1.54) is 98.7 Å². The molecule has 0 aromatic heterocycles. The van der Waals surface area contributed by atoms with E-state index in [0.717, 1.165) is 0 Å². The zero-order valence-electron chi connectivity index (χ0n) is 27.7. The van der Waals surface area contributed by atoms with Gasteiger partial charge < -0.3 is 0 Å². The van der Waals surface area contributed by atoms with E-state index in [4.69, 9.17) is 0 Å². The van der Waals surface area contributed by atoms with Gasteiger partial charge in [0.25, 0.3) is 0 Å². The molecule has 0 unspecified atom stereocenters. The van der Waals surface area contributed by atoms with Gasteiger partial charge in [0, 0.05) is 5.41 Å². The van der Waals surface area contributed by atoms with E-state index < -0.39 is 0 Å². The van der Waals surface area contributed by atoms with Crippen molar-refractivity contribution in [2.75, 3.05) is 0 Å². The maximum Gasteiger partial charge on any atom is 0.0158 e. The zero-order valence-corrected chi connectivity index (χ0v) is 27.7. The molecule has 0 heteroatoms. The third-order valence-electron chi connectivity index (χ3n) is 11.1. The highest BCUT2D eigenvalue weighted by atomic mass is 14.4. The largest absolute Gasteiger partial charge is 0.0619 e. The number of hydrogen-bond donors (Lipinski definition) is 0. The number of benzene rings is 9. The Hall–Kier alpha value is -5.98. The second-order valence-corrected chi connectivity index (χ2v) is 14.1. The Balaban J connectivity index is 1.00. The molecule has 49 heavy (non-hydrogen) atoms. The fraction of sp³-hybridized carbons (Fsp3) is 0.0612. The summed E-state index contributed by atoms with van der Waals surface area (Å²) >= 11 is 0. The Kier molecular flexibility index (Phi) is 6.02. The topological polar surface area (TPSA) is 0 Å². The lowest BCUT2D eigenvalue weighted by molar-refractivity contribution is 0.660. The van der Waals surface area contributed by atoms with Gasteiger partial charge in [0.05, 0.1) is 0 Å². The minimum Gasteiger partial charge on any atom is -0.0619 e. The number of hydrogen-bond acceptors (Lipinski definition) is 0. The average molecular weight is 623 g/mol. The molecule has 0 radical (unpaired) electrons. The molecule has 1 aliphatic rings. The van der Waals surface area contributed by atoms with Crippen LogP contribution in [0.25, 0.3) is 87.6 Å². The summed E-state index contributed by atoms with van der Waals surface area (Å²) in [6.45, 7) is 4.68. The van der Waals surface area contributed by atoms with Crippen molar-refractivity contribution in [1.82, 2.24) is 0 Å². The van der Waals surface area contributed by atoms with Crippen molar-refractivity contribution in [1.29, 1.82) is 0 Å². The predicted molar refractivity (Wildman–Crippen MR) is 210 cm³/mol. The van der Waals surface area contributed by atoms with Crippen LogP contribution in [0.5, 0.6) is 0 Å². The maximum atomic E-state index is 2.39. The fourth-order valence-electron chi connectivity index (χ4n) is 8.45. The Labute approximate surface area is 286 Å². The van der Waals surface area contributed by atoms with Crippen LogP contribution in [-0.2, 0) is 5.41 Å². The molecule has 230 valence electrons. The van der Waals surface area contributed by atoms with E-state index in [2.05, 4.69) is 184 Å². The molecular weight excluding hydrogens is 589 g/mol. The highest BCUT2D eigenvalue weighted by Gasteiger charge is 2.35. The molecule has 0 heterocycles. The standard InChI is InChI=1S/C49H34/c1-49(2)47-14-8-7-13-44(47)46-30-37(24-26-48(46)49)35-22-20-33-19-21-34(27-38(33)28-35)31-15-17-32(18-16-31)36-23-25-43-41-11-4-3-9-39(41)40-10-5-6-12-42(40)45(43)29-36/h3-30H,1-2H3. The van der Waals surface area contributed by atoms with Gasteiger partial charge in [0.15, 0.2) is 0 Å². The van der Waals surface area contributed by atoms with Crippen molar-refractivity contribution in [3.8, 4) is 44.5 Å². The molecule has 0 N–H and O–H groups in total. The second-order valence-electron chi connectivity index (χ2n) is 14.1. The van der Waals surface area contributed by atoms with Crippen LogP contribution in [0.4, 0.5) is 0 Å².